The first-order valence-corrected chi connectivity index (χ1v) is 11.5. The molecule has 0 atom stereocenters. The van der Waals surface area contributed by atoms with Gasteiger partial charge in [0.2, 0.25) is 11.8 Å². The van der Waals surface area contributed by atoms with Gasteiger partial charge in [0.1, 0.15) is 6.54 Å². The first-order valence-electron chi connectivity index (χ1n) is 10.7. The molecule has 35 heavy (non-hydrogen) atoms. The monoisotopic (exact) mass is 489 g/mol. The van der Waals surface area contributed by atoms with Gasteiger partial charge in [0.05, 0.1) is 17.9 Å². The number of rotatable bonds is 8. The number of thiazole rings is 1. The van der Waals surface area contributed by atoms with Gasteiger partial charge in [0.25, 0.3) is 5.91 Å². The van der Waals surface area contributed by atoms with E-state index in [0.29, 0.717) is 22.1 Å². The number of anilines is 2. The maximum Gasteiger partial charge on any atom is 0.251 e. The average Bonchev–Trinajstić information content (AvgIpc) is 3.53. The molecule has 5 N–H and O–H groups in total. The maximum atomic E-state index is 12.3. The molecular formula is C24H23N7O3S. The number of nitrogens with one attached hydrogen (secondary N) is 3. The fourth-order valence-electron chi connectivity index (χ4n) is 3.19. The quantitative estimate of drug-likeness (QED) is 0.280. The lowest BCUT2D eigenvalue weighted by molar-refractivity contribution is -0.121. The summed E-state index contributed by atoms with van der Waals surface area (Å²) in [5.74, 6) is -0.880. The third kappa shape index (κ3) is 6.09. The van der Waals surface area contributed by atoms with Gasteiger partial charge < -0.3 is 21.7 Å². The normalized spacial score (nSPS) is 10.5. The van der Waals surface area contributed by atoms with E-state index in [4.69, 9.17) is 5.73 Å². The molecule has 0 spiro atoms. The number of hydrogen-bond donors (Lipinski definition) is 4. The molecule has 0 aliphatic heterocycles. The topological polar surface area (TPSA) is 144 Å². The number of nitrogens with zero attached hydrogens (tertiary/aromatic N) is 3. The van der Waals surface area contributed by atoms with E-state index < -0.39 is 0 Å². The zero-order valence-corrected chi connectivity index (χ0v) is 19.6. The van der Waals surface area contributed by atoms with E-state index in [0.717, 1.165) is 16.8 Å². The Labute approximate surface area is 205 Å². The van der Waals surface area contributed by atoms with Crippen LogP contribution in [0.4, 0.5) is 10.8 Å². The van der Waals surface area contributed by atoms with Gasteiger partial charge in [-0.3, -0.25) is 19.1 Å². The number of amides is 3. The molecule has 0 saturated heterocycles. The number of likely N-dealkylation sites (N-methyl/N-ethyl adjacent to an activating group) is 1. The van der Waals surface area contributed by atoms with Crippen LogP contribution >= 0.6 is 11.3 Å². The fourth-order valence-corrected chi connectivity index (χ4v) is 3.93. The Morgan fingerprint density at radius 3 is 2.49 bits per heavy atom. The van der Waals surface area contributed by atoms with E-state index in [1.165, 1.54) is 11.3 Å². The first-order chi connectivity index (χ1) is 16.9. The molecule has 0 aliphatic carbocycles. The zero-order chi connectivity index (χ0) is 24.8. The summed E-state index contributed by atoms with van der Waals surface area (Å²) in [5, 5.41) is 14.6. The van der Waals surface area contributed by atoms with Gasteiger partial charge in [0, 0.05) is 41.0 Å². The van der Waals surface area contributed by atoms with Crippen molar-refractivity contribution in [1.29, 1.82) is 0 Å². The summed E-state index contributed by atoms with van der Waals surface area (Å²) in [5.41, 5.74) is 9.76. The lowest BCUT2D eigenvalue weighted by Gasteiger charge is -2.05. The van der Waals surface area contributed by atoms with E-state index >= 15 is 0 Å². The minimum Gasteiger partial charge on any atom is -0.399 e. The van der Waals surface area contributed by atoms with Gasteiger partial charge in [0.15, 0.2) is 5.13 Å². The molecule has 2 heterocycles. The van der Waals surface area contributed by atoms with Crippen LogP contribution in [0.15, 0.2) is 66.2 Å². The number of hydrogen-bond acceptors (Lipinski definition) is 7. The number of aromatic nitrogens is 3. The molecule has 0 radical (unpaired) electrons. The standard InChI is InChI=1S/C24H23N7O3S/c1-26-22(33)13-31-10-9-19(30-31)16-3-2-4-17(11-16)20-14-35-24(28-20)29-21(32)12-27-23(34)15-5-7-18(25)8-6-15/h2-11,14H,12-13,25H2,1H3,(H,26,33)(H,27,34)(H,28,29,32). The molecule has 2 aromatic heterocycles. The van der Waals surface area contributed by atoms with Crippen molar-refractivity contribution in [2.24, 2.45) is 0 Å². The molecule has 4 rings (SSSR count). The van der Waals surface area contributed by atoms with Crippen LogP contribution in [0.2, 0.25) is 0 Å². The number of benzene rings is 2. The molecule has 4 aromatic rings. The predicted molar refractivity (Wildman–Crippen MR) is 135 cm³/mol. The predicted octanol–water partition coefficient (Wildman–Crippen LogP) is 2.37. The first kappa shape index (κ1) is 23.6. The second-order valence-corrected chi connectivity index (χ2v) is 8.40. The molecule has 0 saturated carbocycles. The van der Waals surface area contributed by atoms with Gasteiger partial charge in [-0.1, -0.05) is 18.2 Å². The van der Waals surface area contributed by atoms with Crippen molar-refractivity contribution in [3.05, 3.63) is 71.7 Å². The van der Waals surface area contributed by atoms with Gasteiger partial charge >= 0.3 is 0 Å². The third-order valence-electron chi connectivity index (χ3n) is 5.01. The van der Waals surface area contributed by atoms with Crippen LogP contribution in [0.25, 0.3) is 22.5 Å². The molecule has 178 valence electrons. The molecule has 0 aliphatic rings. The van der Waals surface area contributed by atoms with Gasteiger partial charge in [-0.2, -0.15) is 5.10 Å². The summed E-state index contributed by atoms with van der Waals surface area (Å²) >= 11 is 1.29. The van der Waals surface area contributed by atoms with Crippen molar-refractivity contribution < 1.29 is 14.4 Å². The summed E-state index contributed by atoms with van der Waals surface area (Å²) in [6.07, 6.45) is 1.75. The van der Waals surface area contributed by atoms with Crippen molar-refractivity contribution in [2.45, 2.75) is 6.54 Å². The molecule has 2 aromatic carbocycles. The van der Waals surface area contributed by atoms with Gasteiger partial charge in [-0.25, -0.2) is 4.98 Å². The second-order valence-electron chi connectivity index (χ2n) is 7.54. The Morgan fingerprint density at radius 1 is 1.00 bits per heavy atom. The molecule has 3 amide bonds. The van der Waals surface area contributed by atoms with Crippen molar-refractivity contribution in [3.8, 4) is 22.5 Å². The summed E-state index contributed by atoms with van der Waals surface area (Å²) < 4.78 is 1.57. The van der Waals surface area contributed by atoms with Crippen LogP contribution < -0.4 is 21.7 Å². The zero-order valence-electron chi connectivity index (χ0n) is 18.8. The minimum atomic E-state index is -0.384. The maximum absolute atomic E-state index is 12.3. The highest BCUT2D eigenvalue weighted by molar-refractivity contribution is 7.14. The summed E-state index contributed by atoms with van der Waals surface area (Å²) in [7, 11) is 1.58. The summed E-state index contributed by atoms with van der Waals surface area (Å²) in [6.45, 7) is -0.0436. The van der Waals surface area contributed by atoms with Crippen LogP contribution in [-0.4, -0.2) is 46.1 Å². The number of carbonyl (C=O) groups excluding carboxylic acids is 3. The Morgan fingerprint density at radius 2 is 1.74 bits per heavy atom. The molecule has 0 bridgehead atoms. The van der Waals surface area contributed by atoms with Crippen LogP contribution in [0.3, 0.4) is 0 Å². The molecule has 0 fully saturated rings. The second kappa shape index (κ2) is 10.6. The van der Waals surface area contributed by atoms with Crippen LogP contribution in [0.5, 0.6) is 0 Å². The lowest BCUT2D eigenvalue weighted by atomic mass is 10.1. The average molecular weight is 490 g/mol. The highest BCUT2D eigenvalue weighted by Crippen LogP contribution is 2.28. The van der Waals surface area contributed by atoms with E-state index in [2.05, 4.69) is 26.0 Å². The Balaban J connectivity index is 1.37. The smallest absolute Gasteiger partial charge is 0.251 e. The minimum absolute atomic E-state index is 0.129. The van der Waals surface area contributed by atoms with Crippen molar-refractivity contribution in [2.75, 3.05) is 24.6 Å². The fraction of sp³-hybridized carbons (Fsp3) is 0.125. The van der Waals surface area contributed by atoms with Crippen molar-refractivity contribution in [1.82, 2.24) is 25.4 Å². The van der Waals surface area contributed by atoms with E-state index in [9.17, 15) is 14.4 Å². The largest absolute Gasteiger partial charge is 0.399 e. The lowest BCUT2D eigenvalue weighted by Crippen LogP contribution is -2.32. The Hall–Kier alpha value is -4.51. The summed E-state index contributed by atoms with van der Waals surface area (Å²) in [6, 6.07) is 16.0. The van der Waals surface area contributed by atoms with Crippen molar-refractivity contribution in [3.63, 3.8) is 0 Å². The van der Waals surface area contributed by atoms with Crippen LogP contribution in [0.1, 0.15) is 10.4 Å². The highest BCUT2D eigenvalue weighted by atomic mass is 32.1. The number of carbonyl (C=O) groups is 3. The van der Waals surface area contributed by atoms with Gasteiger partial charge in [-0.05, 0) is 36.4 Å². The summed E-state index contributed by atoms with van der Waals surface area (Å²) in [4.78, 5) is 40.5. The third-order valence-corrected chi connectivity index (χ3v) is 5.77. The molecular weight excluding hydrogens is 466 g/mol. The highest BCUT2D eigenvalue weighted by Gasteiger charge is 2.12. The molecule has 0 unspecified atom stereocenters. The number of nitrogen functional groups attached to an aromatic ring is 1. The van der Waals surface area contributed by atoms with E-state index in [1.54, 1.807) is 42.2 Å². The van der Waals surface area contributed by atoms with E-state index in [-0.39, 0.29) is 30.8 Å². The molecule has 11 heteroatoms. The molecule has 10 nitrogen and oxygen atoms in total. The van der Waals surface area contributed by atoms with Gasteiger partial charge in [-0.15, -0.1) is 11.3 Å². The van der Waals surface area contributed by atoms with Crippen LogP contribution in [0, 0.1) is 0 Å². The van der Waals surface area contributed by atoms with Crippen LogP contribution in [-0.2, 0) is 16.1 Å². The van der Waals surface area contributed by atoms with E-state index in [1.807, 2.05) is 35.7 Å². The Kier molecular flexibility index (Phi) is 7.17. The Bertz CT molecular complexity index is 1360. The number of nitrogens with two attached hydrogens (primary N) is 1. The van der Waals surface area contributed by atoms with Crippen molar-refractivity contribution >= 4 is 39.9 Å². The SMILES string of the molecule is CNC(=O)Cn1ccc(-c2cccc(-c3csc(NC(=O)CNC(=O)c4ccc(N)cc4)n3)c2)n1.